The van der Waals surface area contributed by atoms with Crippen molar-refractivity contribution < 1.29 is 4.79 Å². The number of hydrogen-bond acceptors (Lipinski definition) is 2. The molecular weight excluding hydrogens is 234 g/mol. The molecule has 5 heteroatoms. The summed E-state index contributed by atoms with van der Waals surface area (Å²) in [6.07, 6.45) is 0. The molecule has 0 aliphatic heterocycles. The predicted octanol–water partition coefficient (Wildman–Crippen LogP) is 1.12. The number of amides is 2. The summed E-state index contributed by atoms with van der Waals surface area (Å²) in [5, 5.41) is 0. The van der Waals surface area contributed by atoms with Gasteiger partial charge in [0.15, 0.2) is 0 Å². The van der Waals surface area contributed by atoms with Gasteiger partial charge in [-0.2, -0.15) is 0 Å². The highest BCUT2D eigenvalue weighted by atomic mass is 79.9. The summed E-state index contributed by atoms with van der Waals surface area (Å²) in [6.45, 7) is 0.544. The van der Waals surface area contributed by atoms with Crippen molar-refractivity contribution in [3.63, 3.8) is 0 Å². The molecule has 0 heterocycles. The van der Waals surface area contributed by atoms with Crippen LogP contribution in [-0.2, 0) is 6.54 Å². The number of primary amides is 1. The molecule has 0 unspecified atom stereocenters. The van der Waals surface area contributed by atoms with E-state index in [1.807, 2.05) is 24.3 Å². The molecule has 0 atom stereocenters. The highest BCUT2D eigenvalue weighted by molar-refractivity contribution is 9.10. The average Bonchev–Trinajstić information content (AvgIpc) is 2.03. The van der Waals surface area contributed by atoms with Crippen molar-refractivity contribution in [2.24, 2.45) is 5.73 Å². The minimum absolute atomic E-state index is 0.544. The van der Waals surface area contributed by atoms with Gasteiger partial charge in [-0.05, 0) is 17.7 Å². The Bertz CT molecular complexity index is 303. The zero-order valence-corrected chi connectivity index (χ0v) is 8.47. The highest BCUT2D eigenvalue weighted by Gasteiger charge is 1.93. The maximum atomic E-state index is 10.3. The zero-order chi connectivity index (χ0) is 9.68. The van der Waals surface area contributed by atoms with Crippen LogP contribution in [0.5, 0.6) is 0 Å². The summed E-state index contributed by atoms with van der Waals surface area (Å²) in [5.41, 5.74) is 10.9. The number of hydrazine groups is 1. The van der Waals surface area contributed by atoms with E-state index in [0.717, 1.165) is 10.0 Å². The Morgan fingerprint density at radius 2 is 2.31 bits per heavy atom. The average molecular weight is 244 g/mol. The Morgan fingerprint density at radius 3 is 2.92 bits per heavy atom. The molecule has 1 aromatic rings. The van der Waals surface area contributed by atoms with E-state index in [-0.39, 0.29) is 0 Å². The van der Waals surface area contributed by atoms with Gasteiger partial charge in [0, 0.05) is 11.0 Å². The summed E-state index contributed by atoms with van der Waals surface area (Å²) in [7, 11) is 0. The van der Waals surface area contributed by atoms with Crippen LogP contribution in [0.2, 0.25) is 0 Å². The molecule has 0 saturated heterocycles. The Balaban J connectivity index is 2.41. The third kappa shape index (κ3) is 3.91. The largest absolute Gasteiger partial charge is 0.351 e. The molecule has 70 valence electrons. The molecule has 1 rings (SSSR count). The number of carbonyl (C=O) groups is 1. The SMILES string of the molecule is NC(=O)NNCc1cccc(Br)c1. The smallest absolute Gasteiger partial charge is 0.326 e. The van der Waals surface area contributed by atoms with E-state index in [0.29, 0.717) is 6.54 Å². The lowest BCUT2D eigenvalue weighted by atomic mass is 10.2. The number of nitrogens with two attached hydrogens (primary N) is 1. The third-order valence-electron chi connectivity index (χ3n) is 1.39. The second-order valence-electron chi connectivity index (χ2n) is 2.47. The molecule has 4 nitrogen and oxygen atoms in total. The first kappa shape index (κ1) is 10.0. The van der Waals surface area contributed by atoms with Crippen LogP contribution in [0, 0.1) is 0 Å². The Morgan fingerprint density at radius 1 is 1.54 bits per heavy atom. The number of hydrogen-bond donors (Lipinski definition) is 3. The second-order valence-corrected chi connectivity index (χ2v) is 3.39. The second kappa shape index (κ2) is 4.84. The molecule has 0 aliphatic carbocycles. The van der Waals surface area contributed by atoms with Crippen LogP contribution >= 0.6 is 15.9 Å². The van der Waals surface area contributed by atoms with Crippen molar-refractivity contribution in [1.82, 2.24) is 10.9 Å². The highest BCUT2D eigenvalue weighted by Crippen LogP contribution is 2.10. The van der Waals surface area contributed by atoms with Gasteiger partial charge in [0.25, 0.3) is 0 Å². The molecular formula is C8H10BrN3O. The van der Waals surface area contributed by atoms with E-state index in [1.54, 1.807) is 0 Å². The summed E-state index contributed by atoms with van der Waals surface area (Å²) in [5.74, 6) is 0. The normalized spacial score (nSPS) is 9.62. The van der Waals surface area contributed by atoms with E-state index < -0.39 is 6.03 Å². The van der Waals surface area contributed by atoms with Gasteiger partial charge < -0.3 is 5.73 Å². The van der Waals surface area contributed by atoms with Gasteiger partial charge in [-0.15, -0.1) is 0 Å². The molecule has 0 spiro atoms. The van der Waals surface area contributed by atoms with Crippen LogP contribution in [0.4, 0.5) is 4.79 Å². The van der Waals surface area contributed by atoms with Crippen molar-refractivity contribution in [2.45, 2.75) is 6.54 Å². The van der Waals surface area contributed by atoms with Gasteiger partial charge in [0.2, 0.25) is 0 Å². The lowest BCUT2D eigenvalue weighted by Gasteiger charge is -2.04. The van der Waals surface area contributed by atoms with Crippen LogP contribution in [0.3, 0.4) is 0 Å². The maximum absolute atomic E-state index is 10.3. The van der Waals surface area contributed by atoms with Crippen LogP contribution in [0.1, 0.15) is 5.56 Å². The lowest BCUT2D eigenvalue weighted by Crippen LogP contribution is -2.40. The first-order valence-corrected chi connectivity index (χ1v) is 4.50. The van der Waals surface area contributed by atoms with Gasteiger partial charge in [-0.25, -0.2) is 10.2 Å². The zero-order valence-electron chi connectivity index (χ0n) is 6.88. The standard InChI is InChI=1S/C8H10BrN3O/c9-7-3-1-2-6(4-7)5-11-12-8(10)13/h1-4,11H,5H2,(H3,10,12,13). The number of halogens is 1. The molecule has 0 bridgehead atoms. The molecule has 0 saturated carbocycles. The molecule has 0 fully saturated rings. The Labute approximate surface area is 84.6 Å². The third-order valence-corrected chi connectivity index (χ3v) is 1.89. The van der Waals surface area contributed by atoms with Gasteiger partial charge in [-0.3, -0.25) is 5.43 Å². The molecule has 13 heavy (non-hydrogen) atoms. The summed E-state index contributed by atoms with van der Waals surface area (Å²) in [4.78, 5) is 10.3. The van der Waals surface area contributed by atoms with Gasteiger partial charge in [-0.1, -0.05) is 28.1 Å². The topological polar surface area (TPSA) is 67.2 Å². The molecule has 0 aromatic heterocycles. The fourth-order valence-electron chi connectivity index (χ4n) is 0.880. The summed E-state index contributed by atoms with van der Waals surface area (Å²) >= 11 is 3.34. The first-order valence-electron chi connectivity index (χ1n) is 3.71. The molecule has 2 amide bonds. The van der Waals surface area contributed by atoms with Crippen molar-refractivity contribution >= 4 is 22.0 Å². The quantitative estimate of drug-likeness (QED) is 0.697. The van der Waals surface area contributed by atoms with Gasteiger partial charge in [0.1, 0.15) is 0 Å². The number of nitrogens with one attached hydrogen (secondary N) is 2. The maximum Gasteiger partial charge on any atom is 0.326 e. The molecule has 4 N–H and O–H groups in total. The van der Waals surface area contributed by atoms with Gasteiger partial charge >= 0.3 is 6.03 Å². The monoisotopic (exact) mass is 243 g/mol. The Kier molecular flexibility index (Phi) is 3.72. The van der Waals surface area contributed by atoms with Crippen molar-refractivity contribution in [2.75, 3.05) is 0 Å². The minimum Gasteiger partial charge on any atom is -0.351 e. The fraction of sp³-hybridized carbons (Fsp3) is 0.125. The Hall–Kier alpha value is -1.07. The number of benzene rings is 1. The van der Waals surface area contributed by atoms with E-state index in [4.69, 9.17) is 5.73 Å². The van der Waals surface area contributed by atoms with E-state index in [2.05, 4.69) is 26.8 Å². The predicted molar refractivity (Wildman–Crippen MR) is 53.7 cm³/mol. The summed E-state index contributed by atoms with van der Waals surface area (Å²) in [6, 6.07) is 7.17. The summed E-state index contributed by atoms with van der Waals surface area (Å²) < 4.78 is 1.01. The molecule has 0 radical (unpaired) electrons. The van der Waals surface area contributed by atoms with Crippen molar-refractivity contribution in [3.05, 3.63) is 34.3 Å². The minimum atomic E-state index is -0.588. The first-order chi connectivity index (χ1) is 6.18. The lowest BCUT2D eigenvalue weighted by molar-refractivity contribution is 0.244. The van der Waals surface area contributed by atoms with Gasteiger partial charge in [0.05, 0.1) is 0 Å². The fourth-order valence-corrected chi connectivity index (χ4v) is 1.33. The number of rotatable bonds is 3. The van der Waals surface area contributed by atoms with Crippen LogP contribution in [-0.4, -0.2) is 6.03 Å². The van der Waals surface area contributed by atoms with Crippen molar-refractivity contribution in [3.8, 4) is 0 Å². The van der Waals surface area contributed by atoms with E-state index in [9.17, 15) is 4.79 Å². The van der Waals surface area contributed by atoms with Crippen LogP contribution in [0.25, 0.3) is 0 Å². The molecule has 0 aliphatic rings. The molecule has 1 aromatic carbocycles. The van der Waals surface area contributed by atoms with Crippen LogP contribution in [0.15, 0.2) is 28.7 Å². The number of carbonyl (C=O) groups excluding carboxylic acids is 1. The van der Waals surface area contributed by atoms with E-state index in [1.165, 1.54) is 0 Å². The van der Waals surface area contributed by atoms with Crippen LogP contribution < -0.4 is 16.6 Å². The number of urea groups is 1. The van der Waals surface area contributed by atoms with E-state index >= 15 is 0 Å². The van der Waals surface area contributed by atoms with Crippen molar-refractivity contribution in [1.29, 1.82) is 0 Å².